The number of hydrogen-bond donors (Lipinski definition) is 1. The van der Waals surface area contributed by atoms with Crippen LogP contribution in [0.15, 0.2) is 42.6 Å². The van der Waals surface area contributed by atoms with E-state index in [0.29, 0.717) is 22.5 Å². The van der Waals surface area contributed by atoms with E-state index in [1.54, 1.807) is 0 Å². The van der Waals surface area contributed by atoms with Crippen molar-refractivity contribution < 1.29 is 17.6 Å². The van der Waals surface area contributed by atoms with E-state index >= 15 is 0 Å². The van der Waals surface area contributed by atoms with Crippen molar-refractivity contribution >= 4 is 5.52 Å². The largest absolute Gasteiger partial charge is 0.416 e. The van der Waals surface area contributed by atoms with Gasteiger partial charge in [-0.25, -0.2) is 4.98 Å². The SMILES string of the molecule is NCc1cn2c(F)ccc2c(-c2ccc(C(F)(F)F)cc2)n1. The Labute approximate surface area is 123 Å². The van der Waals surface area contributed by atoms with Crippen molar-refractivity contribution in [1.82, 2.24) is 9.38 Å². The highest BCUT2D eigenvalue weighted by molar-refractivity contribution is 5.77. The standard InChI is InChI=1S/C15H11F4N3/c16-13-6-5-12-14(21-11(7-20)8-22(12)13)9-1-3-10(4-2-9)15(17,18)19/h1-6,8H,7,20H2. The molecule has 0 aliphatic rings. The number of fused-ring (bicyclic) bond motifs is 1. The Hall–Kier alpha value is -2.41. The summed E-state index contributed by atoms with van der Waals surface area (Å²) in [5, 5.41) is 0. The third-order valence-electron chi connectivity index (χ3n) is 3.34. The Balaban J connectivity index is 2.17. The van der Waals surface area contributed by atoms with Gasteiger partial charge >= 0.3 is 6.18 Å². The first kappa shape index (κ1) is 14.5. The Morgan fingerprint density at radius 1 is 1.05 bits per heavy atom. The molecule has 0 fully saturated rings. The number of rotatable bonds is 2. The van der Waals surface area contributed by atoms with Crippen LogP contribution in [0.3, 0.4) is 0 Å². The molecular formula is C15H11F4N3. The van der Waals surface area contributed by atoms with Gasteiger partial charge in [0, 0.05) is 18.3 Å². The number of hydrogen-bond acceptors (Lipinski definition) is 2. The lowest BCUT2D eigenvalue weighted by Gasteiger charge is -2.10. The van der Waals surface area contributed by atoms with Crippen molar-refractivity contribution in [3.05, 3.63) is 59.8 Å². The summed E-state index contributed by atoms with van der Waals surface area (Å²) in [6, 6.07) is 7.37. The molecule has 22 heavy (non-hydrogen) atoms. The molecule has 0 atom stereocenters. The van der Waals surface area contributed by atoms with Gasteiger partial charge in [-0.05, 0) is 24.3 Å². The predicted molar refractivity (Wildman–Crippen MR) is 73.5 cm³/mol. The molecule has 1 aromatic carbocycles. The maximum absolute atomic E-state index is 13.7. The predicted octanol–water partition coefficient (Wildman–Crippen LogP) is 3.62. The summed E-state index contributed by atoms with van der Waals surface area (Å²) in [5.41, 5.74) is 6.56. The highest BCUT2D eigenvalue weighted by Crippen LogP contribution is 2.31. The van der Waals surface area contributed by atoms with Gasteiger partial charge < -0.3 is 5.73 Å². The summed E-state index contributed by atoms with van der Waals surface area (Å²) in [6.45, 7) is 0.0984. The minimum Gasteiger partial charge on any atom is -0.325 e. The molecule has 7 heteroatoms. The molecular weight excluding hydrogens is 298 g/mol. The number of nitrogens with zero attached hydrogens (tertiary/aromatic N) is 2. The topological polar surface area (TPSA) is 43.3 Å². The molecule has 3 rings (SSSR count). The molecule has 3 nitrogen and oxygen atoms in total. The minimum absolute atomic E-state index is 0.0984. The molecule has 2 heterocycles. The highest BCUT2D eigenvalue weighted by Gasteiger charge is 2.30. The van der Waals surface area contributed by atoms with Crippen molar-refractivity contribution in [2.75, 3.05) is 0 Å². The Bertz CT molecular complexity index is 819. The van der Waals surface area contributed by atoms with Gasteiger partial charge in [-0.3, -0.25) is 4.40 Å². The molecule has 0 bridgehead atoms. The first-order valence-electron chi connectivity index (χ1n) is 6.44. The van der Waals surface area contributed by atoms with E-state index in [9.17, 15) is 17.6 Å². The smallest absolute Gasteiger partial charge is 0.325 e. The average molecular weight is 309 g/mol. The summed E-state index contributed by atoms with van der Waals surface area (Å²) in [6.07, 6.45) is -2.93. The number of aromatic nitrogens is 2. The average Bonchev–Trinajstić information content (AvgIpc) is 2.87. The summed E-state index contributed by atoms with van der Waals surface area (Å²) >= 11 is 0. The minimum atomic E-state index is -4.40. The number of benzene rings is 1. The third kappa shape index (κ3) is 2.43. The van der Waals surface area contributed by atoms with E-state index in [0.717, 1.165) is 12.1 Å². The van der Waals surface area contributed by atoms with Crippen molar-refractivity contribution in [1.29, 1.82) is 0 Å². The summed E-state index contributed by atoms with van der Waals surface area (Å²) < 4.78 is 52.8. The van der Waals surface area contributed by atoms with E-state index < -0.39 is 17.7 Å². The van der Waals surface area contributed by atoms with Gasteiger partial charge in [0.2, 0.25) is 0 Å². The second-order valence-corrected chi connectivity index (χ2v) is 4.77. The highest BCUT2D eigenvalue weighted by atomic mass is 19.4. The van der Waals surface area contributed by atoms with Gasteiger partial charge in [-0.2, -0.15) is 17.6 Å². The molecule has 0 aliphatic heterocycles. The number of alkyl halides is 3. The van der Waals surface area contributed by atoms with Crippen molar-refractivity contribution in [2.45, 2.75) is 12.7 Å². The summed E-state index contributed by atoms with van der Waals surface area (Å²) in [5.74, 6) is -0.486. The van der Waals surface area contributed by atoms with Gasteiger partial charge in [0.25, 0.3) is 0 Å². The van der Waals surface area contributed by atoms with E-state index in [-0.39, 0.29) is 6.54 Å². The summed E-state index contributed by atoms with van der Waals surface area (Å²) in [7, 11) is 0. The fourth-order valence-corrected chi connectivity index (χ4v) is 2.25. The number of nitrogens with two attached hydrogens (primary N) is 1. The zero-order chi connectivity index (χ0) is 15.9. The molecule has 0 radical (unpaired) electrons. The normalized spacial score (nSPS) is 12.0. The van der Waals surface area contributed by atoms with Crippen LogP contribution < -0.4 is 5.73 Å². The van der Waals surface area contributed by atoms with Gasteiger partial charge in [0.1, 0.15) is 0 Å². The molecule has 2 N–H and O–H groups in total. The zero-order valence-corrected chi connectivity index (χ0v) is 11.2. The second-order valence-electron chi connectivity index (χ2n) is 4.77. The molecule has 0 saturated carbocycles. The van der Waals surface area contributed by atoms with Crippen LogP contribution >= 0.6 is 0 Å². The molecule has 0 unspecified atom stereocenters. The van der Waals surface area contributed by atoms with Crippen LogP contribution in [0.25, 0.3) is 16.8 Å². The lowest BCUT2D eigenvalue weighted by Crippen LogP contribution is -2.06. The quantitative estimate of drug-likeness (QED) is 0.735. The van der Waals surface area contributed by atoms with E-state index in [4.69, 9.17) is 5.73 Å². The molecule has 0 amide bonds. The van der Waals surface area contributed by atoms with Crippen LogP contribution in [0.2, 0.25) is 0 Å². The van der Waals surface area contributed by atoms with E-state index in [1.165, 1.54) is 34.9 Å². The van der Waals surface area contributed by atoms with Crippen LogP contribution in [0.1, 0.15) is 11.3 Å². The van der Waals surface area contributed by atoms with Crippen LogP contribution in [0.5, 0.6) is 0 Å². The molecule has 0 saturated heterocycles. The molecule has 114 valence electrons. The molecule has 2 aromatic heterocycles. The van der Waals surface area contributed by atoms with Crippen LogP contribution in [-0.2, 0) is 12.7 Å². The first-order valence-corrected chi connectivity index (χ1v) is 6.44. The van der Waals surface area contributed by atoms with Crippen LogP contribution in [-0.4, -0.2) is 9.38 Å². The second kappa shape index (κ2) is 5.10. The maximum atomic E-state index is 13.7. The Kier molecular flexibility index (Phi) is 3.37. The molecule has 3 aromatic rings. The molecule has 0 spiro atoms. The van der Waals surface area contributed by atoms with Gasteiger partial charge in [-0.1, -0.05) is 12.1 Å². The van der Waals surface area contributed by atoms with Gasteiger partial charge in [0.05, 0.1) is 22.5 Å². The Morgan fingerprint density at radius 3 is 2.32 bits per heavy atom. The van der Waals surface area contributed by atoms with Crippen molar-refractivity contribution in [2.24, 2.45) is 5.73 Å². The lowest BCUT2D eigenvalue weighted by molar-refractivity contribution is -0.137. The van der Waals surface area contributed by atoms with Crippen LogP contribution in [0, 0.1) is 5.95 Å². The van der Waals surface area contributed by atoms with E-state index in [2.05, 4.69) is 4.98 Å². The van der Waals surface area contributed by atoms with Gasteiger partial charge in [0.15, 0.2) is 5.95 Å². The summed E-state index contributed by atoms with van der Waals surface area (Å²) in [4.78, 5) is 4.30. The van der Waals surface area contributed by atoms with Gasteiger partial charge in [-0.15, -0.1) is 0 Å². The fraction of sp³-hybridized carbons (Fsp3) is 0.133. The van der Waals surface area contributed by atoms with E-state index in [1.807, 2.05) is 0 Å². The maximum Gasteiger partial charge on any atom is 0.416 e. The first-order chi connectivity index (χ1) is 10.4. The van der Waals surface area contributed by atoms with Crippen LogP contribution in [0.4, 0.5) is 17.6 Å². The number of halogens is 4. The Morgan fingerprint density at radius 2 is 1.73 bits per heavy atom. The third-order valence-corrected chi connectivity index (χ3v) is 3.34. The fourth-order valence-electron chi connectivity index (χ4n) is 2.25. The van der Waals surface area contributed by atoms with Crippen molar-refractivity contribution in [3.8, 4) is 11.3 Å². The monoisotopic (exact) mass is 309 g/mol. The zero-order valence-electron chi connectivity index (χ0n) is 11.2. The lowest BCUT2D eigenvalue weighted by atomic mass is 10.1. The molecule has 0 aliphatic carbocycles. The van der Waals surface area contributed by atoms with Crippen molar-refractivity contribution in [3.63, 3.8) is 0 Å².